The topological polar surface area (TPSA) is 0 Å². The maximum absolute atomic E-state index is 14.8. The van der Waals surface area contributed by atoms with Crippen LogP contribution in [0.3, 0.4) is 0 Å². The number of benzene rings is 2. The van der Waals surface area contributed by atoms with E-state index in [1.165, 1.54) is 57.8 Å². The fraction of sp³-hybridized carbons (Fsp3) is 0.571. The van der Waals surface area contributed by atoms with Gasteiger partial charge in [-0.05, 0) is 84.7 Å². The van der Waals surface area contributed by atoms with Crippen molar-refractivity contribution in [2.75, 3.05) is 0 Å². The average Bonchev–Trinajstić information content (AvgIpc) is 2.79. The molecule has 3 heteroatoms. The third kappa shape index (κ3) is 5.69. The Hall–Kier alpha value is -1.41. The summed E-state index contributed by atoms with van der Waals surface area (Å²) in [6, 6.07) is 9.79. The summed E-state index contributed by atoms with van der Waals surface area (Å²) in [5, 5.41) is 0.562. The summed E-state index contributed by atoms with van der Waals surface area (Å²) in [5.74, 6) is 2.04. The van der Waals surface area contributed by atoms with E-state index in [1.807, 2.05) is 0 Å². The standard InChI is InChI=1S/C28H35ClF2/c1-2-19-3-5-20(6-4-19)7-8-21-9-11-22(12-10-21)24-17-26(30)28(27(31)18-24)23-13-15-25(29)16-14-23/h13-22H,2-12H2,1H3. The van der Waals surface area contributed by atoms with Crippen LogP contribution in [-0.4, -0.2) is 0 Å². The van der Waals surface area contributed by atoms with Crippen molar-refractivity contribution in [3.8, 4) is 11.1 Å². The fourth-order valence-corrected chi connectivity index (χ4v) is 6.03. The van der Waals surface area contributed by atoms with E-state index in [0.29, 0.717) is 10.6 Å². The SMILES string of the molecule is CCC1CCC(CCC2CCC(c3cc(F)c(-c4ccc(Cl)cc4)c(F)c3)CC2)CC1. The van der Waals surface area contributed by atoms with Crippen LogP contribution in [0.25, 0.3) is 11.1 Å². The van der Waals surface area contributed by atoms with Crippen molar-refractivity contribution in [3.63, 3.8) is 0 Å². The van der Waals surface area contributed by atoms with Crippen LogP contribution in [0.2, 0.25) is 5.02 Å². The molecule has 0 aromatic heterocycles. The summed E-state index contributed by atoms with van der Waals surface area (Å²) in [4.78, 5) is 0. The highest BCUT2D eigenvalue weighted by Crippen LogP contribution is 2.41. The van der Waals surface area contributed by atoms with E-state index in [9.17, 15) is 8.78 Å². The van der Waals surface area contributed by atoms with E-state index in [4.69, 9.17) is 11.6 Å². The molecule has 2 saturated carbocycles. The molecule has 0 aliphatic heterocycles. The number of halogens is 3. The van der Waals surface area contributed by atoms with Gasteiger partial charge in [0.2, 0.25) is 0 Å². The van der Waals surface area contributed by atoms with E-state index >= 15 is 0 Å². The first-order chi connectivity index (χ1) is 15.0. The highest BCUT2D eigenvalue weighted by atomic mass is 35.5. The molecule has 31 heavy (non-hydrogen) atoms. The van der Waals surface area contributed by atoms with E-state index in [-0.39, 0.29) is 11.5 Å². The van der Waals surface area contributed by atoms with Crippen LogP contribution in [0, 0.1) is 29.4 Å². The molecule has 0 spiro atoms. The highest BCUT2D eigenvalue weighted by molar-refractivity contribution is 6.30. The normalized spacial score (nSPS) is 26.7. The molecule has 0 bridgehead atoms. The lowest BCUT2D eigenvalue weighted by atomic mass is 9.74. The predicted octanol–water partition coefficient (Wildman–Crippen LogP) is 9.56. The average molecular weight is 445 g/mol. The Balaban J connectivity index is 1.31. The van der Waals surface area contributed by atoms with Gasteiger partial charge in [0.05, 0.1) is 5.56 Å². The van der Waals surface area contributed by atoms with Crippen LogP contribution in [0.4, 0.5) is 8.78 Å². The number of hydrogen-bond acceptors (Lipinski definition) is 0. The zero-order chi connectivity index (χ0) is 21.8. The number of hydrogen-bond donors (Lipinski definition) is 0. The molecule has 2 aromatic rings. The van der Waals surface area contributed by atoms with Crippen molar-refractivity contribution in [2.24, 2.45) is 17.8 Å². The Kier molecular flexibility index (Phi) is 7.69. The zero-order valence-corrected chi connectivity index (χ0v) is 19.4. The Labute approximate surface area is 191 Å². The smallest absolute Gasteiger partial charge is 0.134 e. The lowest BCUT2D eigenvalue weighted by molar-refractivity contribution is 0.227. The third-order valence-electron chi connectivity index (χ3n) is 8.04. The molecule has 0 unspecified atom stereocenters. The lowest BCUT2D eigenvalue weighted by Crippen LogP contribution is -2.17. The van der Waals surface area contributed by atoms with Crippen molar-refractivity contribution in [1.82, 2.24) is 0 Å². The molecular weight excluding hydrogens is 410 g/mol. The van der Waals surface area contributed by atoms with Crippen molar-refractivity contribution >= 4 is 11.6 Å². The number of rotatable bonds is 6. The Morgan fingerprint density at radius 3 is 1.74 bits per heavy atom. The first kappa shape index (κ1) is 22.8. The van der Waals surface area contributed by atoms with Crippen LogP contribution in [-0.2, 0) is 0 Å². The summed E-state index contributed by atoms with van der Waals surface area (Å²) in [5.41, 5.74) is 1.40. The molecular formula is C28H35ClF2. The monoisotopic (exact) mass is 444 g/mol. The molecule has 0 heterocycles. The first-order valence-corrected chi connectivity index (χ1v) is 12.7. The van der Waals surface area contributed by atoms with E-state index in [1.54, 1.807) is 36.4 Å². The summed E-state index contributed by atoms with van der Waals surface area (Å²) in [6.07, 6.45) is 14.2. The summed E-state index contributed by atoms with van der Waals surface area (Å²) < 4.78 is 29.7. The van der Waals surface area contributed by atoms with Gasteiger partial charge in [-0.2, -0.15) is 0 Å². The summed E-state index contributed by atoms with van der Waals surface area (Å²) >= 11 is 5.91. The van der Waals surface area contributed by atoms with Crippen LogP contribution in [0.15, 0.2) is 36.4 Å². The fourth-order valence-electron chi connectivity index (χ4n) is 5.91. The Morgan fingerprint density at radius 1 is 0.742 bits per heavy atom. The van der Waals surface area contributed by atoms with E-state index < -0.39 is 11.6 Å². The molecule has 0 amide bonds. The second kappa shape index (κ2) is 10.5. The molecule has 2 aromatic carbocycles. The van der Waals surface area contributed by atoms with Crippen LogP contribution in [0.1, 0.15) is 89.0 Å². The molecule has 2 aliphatic carbocycles. The summed E-state index contributed by atoms with van der Waals surface area (Å²) in [7, 11) is 0. The van der Waals surface area contributed by atoms with Gasteiger partial charge in [-0.15, -0.1) is 0 Å². The third-order valence-corrected chi connectivity index (χ3v) is 8.29. The van der Waals surface area contributed by atoms with Gasteiger partial charge in [0.25, 0.3) is 0 Å². The molecule has 2 fully saturated rings. The first-order valence-electron chi connectivity index (χ1n) is 12.3. The van der Waals surface area contributed by atoms with Crippen molar-refractivity contribution in [2.45, 2.75) is 83.5 Å². The Bertz CT molecular complexity index is 821. The highest BCUT2D eigenvalue weighted by Gasteiger charge is 2.26. The van der Waals surface area contributed by atoms with Gasteiger partial charge in [-0.25, -0.2) is 8.78 Å². The van der Waals surface area contributed by atoms with Crippen LogP contribution >= 0.6 is 11.6 Å². The minimum Gasteiger partial charge on any atom is -0.206 e. The molecule has 168 valence electrons. The van der Waals surface area contributed by atoms with Crippen LogP contribution < -0.4 is 0 Å². The molecule has 0 radical (unpaired) electrons. The molecule has 0 atom stereocenters. The van der Waals surface area contributed by atoms with E-state index in [2.05, 4.69) is 6.92 Å². The van der Waals surface area contributed by atoms with Gasteiger partial charge in [0, 0.05) is 5.02 Å². The molecule has 0 saturated heterocycles. The van der Waals surface area contributed by atoms with Crippen molar-refractivity contribution < 1.29 is 8.78 Å². The van der Waals surface area contributed by atoms with E-state index in [0.717, 1.165) is 36.2 Å². The van der Waals surface area contributed by atoms with Gasteiger partial charge in [-0.3, -0.25) is 0 Å². The summed E-state index contributed by atoms with van der Waals surface area (Å²) in [6.45, 7) is 2.33. The maximum Gasteiger partial charge on any atom is 0.134 e. The van der Waals surface area contributed by atoms with Gasteiger partial charge in [-0.1, -0.05) is 75.6 Å². The lowest BCUT2D eigenvalue weighted by Gasteiger charge is -2.32. The second-order valence-corrected chi connectivity index (χ2v) is 10.4. The second-order valence-electron chi connectivity index (χ2n) is 9.96. The minimum absolute atomic E-state index is 0.0481. The zero-order valence-electron chi connectivity index (χ0n) is 18.7. The molecule has 0 N–H and O–H groups in total. The van der Waals surface area contributed by atoms with Gasteiger partial charge < -0.3 is 0 Å². The van der Waals surface area contributed by atoms with Crippen LogP contribution in [0.5, 0.6) is 0 Å². The van der Waals surface area contributed by atoms with Crippen molar-refractivity contribution in [3.05, 3.63) is 58.6 Å². The minimum atomic E-state index is -0.470. The molecule has 2 aliphatic rings. The van der Waals surface area contributed by atoms with Gasteiger partial charge >= 0.3 is 0 Å². The molecule has 0 nitrogen and oxygen atoms in total. The van der Waals surface area contributed by atoms with Crippen molar-refractivity contribution in [1.29, 1.82) is 0 Å². The van der Waals surface area contributed by atoms with Gasteiger partial charge in [0.1, 0.15) is 11.6 Å². The predicted molar refractivity (Wildman–Crippen MR) is 126 cm³/mol. The van der Waals surface area contributed by atoms with Gasteiger partial charge in [0.15, 0.2) is 0 Å². The molecule has 4 rings (SSSR count). The largest absolute Gasteiger partial charge is 0.206 e. The maximum atomic E-state index is 14.8. The quantitative estimate of drug-likeness (QED) is 0.416. The Morgan fingerprint density at radius 2 is 1.23 bits per heavy atom.